The lowest BCUT2D eigenvalue weighted by molar-refractivity contribution is 0.415. The lowest BCUT2D eigenvalue weighted by Gasteiger charge is -2.46. The standard InChI is InChI=1S/C17H38N9OP3/c1-22(2)28(18-16-12-14-17(27-11)15-13-16)19-29(23(3)4,24(5)6)21-30(20-28,25(7)8)26(9)10/h12-15,18H,1-11H3. The van der Waals surface area contributed by atoms with E-state index in [0.29, 0.717) is 0 Å². The number of benzene rings is 1. The molecule has 0 aliphatic carbocycles. The number of methoxy groups -OCH3 is 1. The molecule has 0 bridgehead atoms. The van der Waals surface area contributed by atoms with E-state index in [1.54, 1.807) is 7.11 Å². The van der Waals surface area contributed by atoms with Crippen LogP contribution >= 0.6 is 22.5 Å². The summed E-state index contributed by atoms with van der Waals surface area (Å²) < 4.78 is 32.4. The summed E-state index contributed by atoms with van der Waals surface area (Å²) in [6.07, 6.45) is 0. The van der Waals surface area contributed by atoms with Crippen LogP contribution in [0.5, 0.6) is 5.75 Å². The van der Waals surface area contributed by atoms with Gasteiger partial charge in [-0.2, -0.15) is 13.5 Å². The monoisotopic (exact) mass is 477 g/mol. The van der Waals surface area contributed by atoms with Crippen molar-refractivity contribution in [3.05, 3.63) is 24.3 Å². The van der Waals surface area contributed by atoms with Crippen LogP contribution in [-0.2, 0) is 0 Å². The summed E-state index contributed by atoms with van der Waals surface area (Å²) in [5.74, 6) is 0.817. The molecule has 1 atom stereocenters. The van der Waals surface area contributed by atoms with Gasteiger partial charge in [0.05, 0.1) is 7.11 Å². The van der Waals surface area contributed by atoms with Gasteiger partial charge in [0.25, 0.3) is 0 Å². The van der Waals surface area contributed by atoms with Gasteiger partial charge in [-0.25, -0.2) is 23.4 Å². The highest BCUT2D eigenvalue weighted by molar-refractivity contribution is 7.84. The third-order valence-electron chi connectivity index (χ3n) is 4.80. The molecule has 172 valence electrons. The predicted octanol–water partition coefficient (Wildman–Crippen LogP) is 4.77. The largest absolute Gasteiger partial charge is 0.497 e. The summed E-state index contributed by atoms with van der Waals surface area (Å²) in [6.45, 7) is 0. The van der Waals surface area contributed by atoms with Gasteiger partial charge in [-0.1, -0.05) is 0 Å². The fourth-order valence-corrected chi connectivity index (χ4v) is 17.3. The third-order valence-corrected chi connectivity index (χ3v) is 16.6. The van der Waals surface area contributed by atoms with Crippen LogP contribution in [0.4, 0.5) is 5.69 Å². The Morgan fingerprint density at radius 1 is 0.633 bits per heavy atom. The van der Waals surface area contributed by atoms with E-state index in [4.69, 9.17) is 18.3 Å². The van der Waals surface area contributed by atoms with Crippen LogP contribution in [0.15, 0.2) is 37.8 Å². The highest BCUT2D eigenvalue weighted by atomic mass is 31.3. The van der Waals surface area contributed by atoms with Crippen molar-refractivity contribution in [1.82, 2.24) is 23.4 Å². The van der Waals surface area contributed by atoms with Crippen LogP contribution in [0.2, 0.25) is 0 Å². The van der Waals surface area contributed by atoms with E-state index in [9.17, 15) is 0 Å². The molecule has 10 nitrogen and oxygen atoms in total. The van der Waals surface area contributed by atoms with E-state index < -0.39 is 22.5 Å². The maximum Gasteiger partial charge on any atom is 0.243 e. The minimum Gasteiger partial charge on any atom is -0.497 e. The molecule has 0 saturated carbocycles. The minimum absolute atomic E-state index is 0.817. The first-order valence-corrected chi connectivity index (χ1v) is 14.4. The Morgan fingerprint density at radius 2 is 1.07 bits per heavy atom. The minimum atomic E-state index is -2.54. The first-order chi connectivity index (χ1) is 13.8. The van der Waals surface area contributed by atoms with E-state index in [2.05, 4.69) is 84.8 Å². The molecule has 2 rings (SSSR count). The second-order valence-electron chi connectivity index (χ2n) is 7.99. The maximum absolute atomic E-state index is 5.44. The highest BCUT2D eigenvalue weighted by Crippen LogP contribution is 2.80. The van der Waals surface area contributed by atoms with E-state index in [1.165, 1.54) is 0 Å². The predicted molar refractivity (Wildman–Crippen MR) is 133 cm³/mol. The van der Waals surface area contributed by atoms with E-state index in [-0.39, 0.29) is 0 Å². The fourth-order valence-electron chi connectivity index (χ4n) is 3.05. The molecule has 1 N–H and O–H groups in total. The number of rotatable bonds is 8. The normalized spacial score (nSPS) is 22.8. The van der Waals surface area contributed by atoms with Crippen molar-refractivity contribution in [2.75, 3.05) is 82.7 Å². The van der Waals surface area contributed by atoms with Crippen LogP contribution in [0, 0.1) is 0 Å². The van der Waals surface area contributed by atoms with E-state index in [1.807, 2.05) is 38.4 Å². The molecule has 0 radical (unpaired) electrons. The van der Waals surface area contributed by atoms with Gasteiger partial charge in [0.15, 0.2) is 0 Å². The molecule has 1 aromatic rings. The highest BCUT2D eigenvalue weighted by Gasteiger charge is 2.43. The zero-order valence-electron chi connectivity index (χ0n) is 20.1. The Bertz CT molecular complexity index is 864. The molecular formula is C17H38N9OP3. The van der Waals surface area contributed by atoms with Crippen molar-refractivity contribution >= 4 is 28.2 Å². The van der Waals surface area contributed by atoms with E-state index >= 15 is 0 Å². The van der Waals surface area contributed by atoms with Gasteiger partial charge in [0.2, 0.25) is 22.5 Å². The SMILES string of the molecule is COc1ccc(NP2(N(C)C)=NP(N(C)C)(N(C)C)=NP(N(C)C)(N(C)C)=N2)cc1. The summed E-state index contributed by atoms with van der Waals surface area (Å²) >= 11 is 0. The van der Waals surface area contributed by atoms with Crippen molar-refractivity contribution in [2.45, 2.75) is 0 Å². The Balaban J connectivity index is 2.92. The van der Waals surface area contributed by atoms with Crippen molar-refractivity contribution in [3.8, 4) is 5.75 Å². The molecule has 0 spiro atoms. The Morgan fingerprint density at radius 3 is 1.43 bits per heavy atom. The van der Waals surface area contributed by atoms with Gasteiger partial charge in [0.1, 0.15) is 5.75 Å². The molecule has 1 aliphatic heterocycles. The topological polar surface area (TPSA) is 74.5 Å². The van der Waals surface area contributed by atoms with Gasteiger partial charge < -0.3 is 9.82 Å². The second kappa shape index (κ2) is 9.43. The fraction of sp³-hybridized carbons (Fsp3) is 0.647. The number of hydrogen-bond acceptors (Lipinski definition) is 10. The number of nitrogens with zero attached hydrogens (tertiary/aromatic N) is 8. The first kappa shape index (κ1) is 25.6. The van der Waals surface area contributed by atoms with Crippen LogP contribution in [0.25, 0.3) is 0 Å². The number of anilines is 1. The summed E-state index contributed by atoms with van der Waals surface area (Å²) in [7, 11) is 14.9. The molecule has 0 amide bonds. The number of hydrogen-bond donors (Lipinski definition) is 1. The molecular weight excluding hydrogens is 439 g/mol. The van der Waals surface area contributed by atoms with Crippen molar-refractivity contribution in [1.29, 1.82) is 0 Å². The van der Waals surface area contributed by atoms with Crippen molar-refractivity contribution in [2.24, 2.45) is 13.5 Å². The molecule has 0 saturated heterocycles. The molecule has 30 heavy (non-hydrogen) atoms. The average molecular weight is 477 g/mol. The summed E-state index contributed by atoms with van der Waals surface area (Å²) in [5.41, 5.74) is 0.957. The molecule has 0 aromatic heterocycles. The van der Waals surface area contributed by atoms with Gasteiger partial charge in [-0.3, -0.25) is 0 Å². The van der Waals surface area contributed by atoms with Crippen molar-refractivity contribution < 1.29 is 4.74 Å². The van der Waals surface area contributed by atoms with Crippen LogP contribution in [0.1, 0.15) is 0 Å². The Kier molecular flexibility index (Phi) is 8.04. The average Bonchev–Trinajstić information content (AvgIpc) is 2.67. The zero-order chi connectivity index (χ0) is 22.9. The quantitative estimate of drug-likeness (QED) is 0.541. The smallest absolute Gasteiger partial charge is 0.243 e. The van der Waals surface area contributed by atoms with E-state index in [0.717, 1.165) is 11.4 Å². The second-order valence-corrected chi connectivity index (χ2v) is 17.6. The van der Waals surface area contributed by atoms with Gasteiger partial charge in [0, 0.05) is 5.69 Å². The van der Waals surface area contributed by atoms with Crippen molar-refractivity contribution in [3.63, 3.8) is 0 Å². The third kappa shape index (κ3) is 4.57. The molecule has 13 heteroatoms. The summed E-state index contributed by atoms with van der Waals surface area (Å²) in [5, 5.41) is 3.71. The lowest BCUT2D eigenvalue weighted by Crippen LogP contribution is -2.27. The zero-order valence-corrected chi connectivity index (χ0v) is 22.8. The Hall–Kier alpha value is -0.690. The maximum atomic E-state index is 5.44. The summed E-state index contributed by atoms with van der Waals surface area (Å²) in [4.78, 5) is 0. The van der Waals surface area contributed by atoms with Crippen LogP contribution in [-0.4, -0.2) is 101 Å². The number of nitrogens with one attached hydrogen (secondary N) is 1. The molecule has 1 aliphatic rings. The Labute approximate surface area is 182 Å². The van der Waals surface area contributed by atoms with Gasteiger partial charge >= 0.3 is 0 Å². The van der Waals surface area contributed by atoms with Crippen LogP contribution < -0.4 is 9.82 Å². The first-order valence-electron chi connectivity index (χ1n) is 9.58. The molecule has 0 fully saturated rings. The molecule has 1 heterocycles. The molecule has 1 aromatic carbocycles. The van der Waals surface area contributed by atoms with Gasteiger partial charge in [-0.05, 0) is 94.7 Å². The summed E-state index contributed by atoms with van der Waals surface area (Å²) in [6, 6.07) is 7.92. The van der Waals surface area contributed by atoms with Gasteiger partial charge in [-0.15, -0.1) is 0 Å². The van der Waals surface area contributed by atoms with Crippen LogP contribution in [0.3, 0.4) is 0 Å². The number of ether oxygens (including phenoxy) is 1. The lowest BCUT2D eigenvalue weighted by atomic mass is 10.3. The molecule has 1 unspecified atom stereocenters.